The van der Waals surface area contributed by atoms with Crippen molar-refractivity contribution in [3.05, 3.63) is 48.0 Å². The summed E-state index contributed by atoms with van der Waals surface area (Å²) in [7, 11) is 0. The molecular weight excluding hydrogens is 416 g/mol. The Bertz CT molecular complexity index is 1190. The van der Waals surface area contributed by atoms with Crippen molar-refractivity contribution in [1.29, 1.82) is 0 Å². The molecule has 2 aliphatic rings. The number of rotatable bonds is 5. The summed E-state index contributed by atoms with van der Waals surface area (Å²) in [6, 6.07) is 8.01. The van der Waals surface area contributed by atoms with Crippen LogP contribution in [-0.2, 0) is 22.4 Å². The number of aliphatic hydroxyl groups excluding tert-OH is 1. The number of carbonyl (C=O) groups excluding carboxylic acids is 1. The summed E-state index contributed by atoms with van der Waals surface area (Å²) in [6.45, 7) is 5.81. The number of nitrogens with one attached hydrogen (secondary N) is 2. The van der Waals surface area contributed by atoms with Crippen LogP contribution < -0.4 is 4.90 Å². The number of anilines is 1. The first-order chi connectivity index (χ1) is 16.0. The van der Waals surface area contributed by atoms with E-state index in [1.807, 2.05) is 18.2 Å². The number of carbonyl (C=O) groups is 1. The lowest BCUT2D eigenvalue weighted by Gasteiger charge is -2.32. The van der Waals surface area contributed by atoms with E-state index in [-0.39, 0.29) is 11.8 Å². The molecule has 3 N–H and O–H groups in total. The van der Waals surface area contributed by atoms with Crippen LogP contribution in [0.1, 0.15) is 50.8 Å². The second-order valence-electron chi connectivity index (χ2n) is 9.72. The van der Waals surface area contributed by atoms with Crippen LogP contribution in [0.15, 0.2) is 36.7 Å². The predicted octanol–water partition coefficient (Wildman–Crippen LogP) is 5.25. The van der Waals surface area contributed by atoms with Gasteiger partial charge in [-0.05, 0) is 55.7 Å². The Hall–Kier alpha value is -3.06. The highest BCUT2D eigenvalue weighted by molar-refractivity contribution is 5.99. The minimum absolute atomic E-state index is 0.0185. The summed E-state index contributed by atoms with van der Waals surface area (Å²) in [4.78, 5) is 18.2. The molecule has 1 fully saturated rings. The summed E-state index contributed by atoms with van der Waals surface area (Å²) >= 11 is 0. The Morgan fingerprint density at radius 3 is 2.91 bits per heavy atom. The van der Waals surface area contributed by atoms with Gasteiger partial charge < -0.3 is 14.8 Å². The smallest absolute Gasteiger partial charge is 0.234 e. The van der Waals surface area contributed by atoms with Gasteiger partial charge in [0.05, 0.1) is 17.6 Å². The van der Waals surface area contributed by atoms with Crippen molar-refractivity contribution in [2.75, 3.05) is 18.1 Å². The normalized spacial score (nSPS) is 21.5. The van der Waals surface area contributed by atoms with Crippen LogP contribution in [0.25, 0.3) is 22.3 Å². The molecule has 1 saturated heterocycles. The lowest BCUT2D eigenvalue weighted by molar-refractivity contribution is -0.124. The zero-order valence-corrected chi connectivity index (χ0v) is 19.4. The zero-order valence-electron chi connectivity index (χ0n) is 19.4. The van der Waals surface area contributed by atoms with Gasteiger partial charge in [0.25, 0.3) is 0 Å². The molecule has 3 aromatic rings. The number of amides is 1. The van der Waals surface area contributed by atoms with Gasteiger partial charge in [-0.2, -0.15) is 5.10 Å². The molecule has 1 amide bonds. The van der Waals surface area contributed by atoms with E-state index in [1.165, 1.54) is 35.2 Å². The molecule has 7 heteroatoms. The molecule has 1 aliphatic carbocycles. The zero-order chi connectivity index (χ0) is 23.0. The van der Waals surface area contributed by atoms with E-state index in [2.05, 4.69) is 35.1 Å². The molecule has 174 valence electrons. The van der Waals surface area contributed by atoms with E-state index in [0.717, 1.165) is 47.1 Å². The summed E-state index contributed by atoms with van der Waals surface area (Å²) in [5, 5.41) is 18.4. The van der Waals surface area contributed by atoms with Gasteiger partial charge in [-0.15, -0.1) is 0 Å². The number of aromatic amines is 2. The topological polar surface area (TPSA) is 94.2 Å². The second-order valence-corrected chi connectivity index (χ2v) is 9.72. The lowest BCUT2D eigenvalue weighted by atomic mass is 9.73. The van der Waals surface area contributed by atoms with Gasteiger partial charge in [0, 0.05) is 47.5 Å². The average molecular weight is 449 g/mol. The Labute approximate surface area is 193 Å². The molecule has 1 aliphatic heterocycles. The lowest BCUT2D eigenvalue weighted by Crippen LogP contribution is -2.35. The quantitative estimate of drug-likeness (QED) is 0.465. The van der Waals surface area contributed by atoms with E-state index >= 15 is 0 Å². The molecule has 1 atom stereocenters. The van der Waals surface area contributed by atoms with Crippen LogP contribution in [0, 0.1) is 11.3 Å². The average Bonchev–Trinajstić information content (AvgIpc) is 3.45. The Morgan fingerprint density at radius 2 is 2.15 bits per heavy atom. The number of hydrogen-bond acceptors (Lipinski definition) is 4. The molecule has 0 bridgehead atoms. The van der Waals surface area contributed by atoms with Gasteiger partial charge in [-0.25, -0.2) is 0 Å². The Balaban J connectivity index is 1.45. The second kappa shape index (κ2) is 8.71. The van der Waals surface area contributed by atoms with Crippen LogP contribution in [0.3, 0.4) is 0 Å². The molecule has 3 heterocycles. The highest BCUT2D eigenvalue weighted by atomic mass is 16.5. The van der Waals surface area contributed by atoms with Crippen molar-refractivity contribution in [2.45, 2.75) is 52.4 Å². The molecule has 5 rings (SSSR count). The van der Waals surface area contributed by atoms with Crippen LogP contribution in [0.2, 0.25) is 0 Å². The van der Waals surface area contributed by atoms with E-state index in [9.17, 15) is 9.90 Å². The fourth-order valence-corrected chi connectivity index (χ4v) is 5.17. The highest BCUT2D eigenvalue weighted by Crippen LogP contribution is 2.40. The third-order valence-corrected chi connectivity index (χ3v) is 7.55. The molecule has 0 spiro atoms. The molecule has 7 nitrogen and oxygen atoms in total. The van der Waals surface area contributed by atoms with Crippen LogP contribution in [0.4, 0.5) is 5.69 Å². The number of H-pyrrole nitrogens is 2. The van der Waals surface area contributed by atoms with E-state index < -0.39 is 0 Å². The SMILES string of the molecule is CCC1(C)CCc2c(-c3cc4ccc(N(/C=C/O)C(=O)C5CCOCC5)cc4[nH]3)n[nH]c2C1. The summed E-state index contributed by atoms with van der Waals surface area (Å²) in [5.41, 5.74) is 6.54. The number of hydrogen-bond donors (Lipinski definition) is 3. The van der Waals surface area contributed by atoms with E-state index in [1.54, 1.807) is 0 Å². The number of nitrogens with zero attached hydrogens (tertiary/aromatic N) is 2. The van der Waals surface area contributed by atoms with Crippen molar-refractivity contribution in [2.24, 2.45) is 11.3 Å². The molecule has 0 radical (unpaired) electrons. The standard InChI is InChI=1S/C26H32N4O3/c1-3-26(2)9-6-20-23(16-26)28-29-24(20)22-14-18-4-5-19(15-21(18)27-22)30(10-11-31)25(32)17-7-12-33-13-8-17/h4-5,10-11,14-15,17,27,31H,3,6-9,12-13,16H2,1-2H3,(H,28,29)/b11-10+. The molecule has 33 heavy (non-hydrogen) atoms. The monoisotopic (exact) mass is 448 g/mol. The highest BCUT2D eigenvalue weighted by Gasteiger charge is 2.32. The minimum Gasteiger partial charge on any atom is -0.514 e. The molecule has 0 saturated carbocycles. The molecule has 2 aromatic heterocycles. The predicted molar refractivity (Wildman–Crippen MR) is 129 cm³/mol. The van der Waals surface area contributed by atoms with Crippen LogP contribution >= 0.6 is 0 Å². The van der Waals surface area contributed by atoms with E-state index in [4.69, 9.17) is 4.74 Å². The van der Waals surface area contributed by atoms with Gasteiger partial charge in [0.2, 0.25) is 5.91 Å². The number of benzene rings is 1. The largest absolute Gasteiger partial charge is 0.514 e. The summed E-state index contributed by atoms with van der Waals surface area (Å²) in [6.07, 6.45) is 8.15. The fraction of sp³-hybridized carbons (Fsp3) is 0.462. The maximum absolute atomic E-state index is 13.1. The van der Waals surface area contributed by atoms with Gasteiger partial charge in [-0.1, -0.05) is 26.3 Å². The first-order valence-corrected chi connectivity index (χ1v) is 11.9. The molecule has 1 unspecified atom stereocenters. The fourth-order valence-electron chi connectivity index (χ4n) is 5.17. The van der Waals surface area contributed by atoms with Crippen molar-refractivity contribution < 1.29 is 14.6 Å². The van der Waals surface area contributed by atoms with Gasteiger partial charge >= 0.3 is 0 Å². The maximum Gasteiger partial charge on any atom is 0.234 e. The van der Waals surface area contributed by atoms with E-state index in [0.29, 0.717) is 31.5 Å². The summed E-state index contributed by atoms with van der Waals surface area (Å²) in [5.74, 6) is -0.121. The van der Waals surface area contributed by atoms with Crippen LogP contribution in [-0.4, -0.2) is 39.4 Å². The number of aliphatic hydroxyl groups is 1. The van der Waals surface area contributed by atoms with Gasteiger partial charge in [0.15, 0.2) is 0 Å². The van der Waals surface area contributed by atoms with Crippen LogP contribution in [0.5, 0.6) is 0 Å². The summed E-state index contributed by atoms with van der Waals surface area (Å²) < 4.78 is 5.40. The first kappa shape index (κ1) is 21.8. The van der Waals surface area contributed by atoms with Crippen molar-refractivity contribution in [3.63, 3.8) is 0 Å². The van der Waals surface area contributed by atoms with Crippen molar-refractivity contribution in [3.8, 4) is 11.4 Å². The Morgan fingerprint density at radius 1 is 1.33 bits per heavy atom. The molecular formula is C26H32N4O3. The van der Waals surface area contributed by atoms with Crippen molar-refractivity contribution in [1.82, 2.24) is 15.2 Å². The third kappa shape index (κ3) is 4.06. The maximum atomic E-state index is 13.1. The minimum atomic E-state index is -0.103. The molecule has 1 aromatic carbocycles. The number of ether oxygens (including phenoxy) is 1. The first-order valence-electron chi connectivity index (χ1n) is 11.9. The Kier molecular flexibility index (Phi) is 5.74. The number of aromatic nitrogens is 3. The third-order valence-electron chi connectivity index (χ3n) is 7.55. The van der Waals surface area contributed by atoms with Gasteiger partial charge in [-0.3, -0.25) is 14.8 Å². The van der Waals surface area contributed by atoms with Gasteiger partial charge in [0.1, 0.15) is 5.69 Å². The van der Waals surface area contributed by atoms with Crippen molar-refractivity contribution >= 4 is 22.5 Å². The number of fused-ring (bicyclic) bond motifs is 2.